The maximum Gasteiger partial charge on any atom is 0.328 e. The number of rotatable bonds is 4. The third-order valence-electron chi connectivity index (χ3n) is 3.19. The third-order valence-corrected chi connectivity index (χ3v) is 4.38. The average Bonchev–Trinajstić information content (AvgIpc) is 2.37. The van der Waals surface area contributed by atoms with Gasteiger partial charge in [-0.1, -0.05) is 22.0 Å². The SMILES string of the molecule is COc1c(C)c(C)c(Br)c(C)c1C(N)/C=C/C(=O)O. The lowest BCUT2D eigenvalue weighted by Gasteiger charge is -2.21. The molecule has 1 rings (SSSR count). The van der Waals surface area contributed by atoms with E-state index in [1.54, 1.807) is 7.11 Å². The van der Waals surface area contributed by atoms with Crippen molar-refractivity contribution in [3.8, 4) is 5.75 Å². The third kappa shape index (κ3) is 3.16. The summed E-state index contributed by atoms with van der Waals surface area (Å²) in [6.07, 6.45) is 2.50. The Morgan fingerprint density at radius 2 is 1.89 bits per heavy atom. The molecule has 0 saturated heterocycles. The Morgan fingerprint density at radius 1 is 1.32 bits per heavy atom. The van der Waals surface area contributed by atoms with Crippen LogP contribution in [0.5, 0.6) is 5.75 Å². The van der Waals surface area contributed by atoms with E-state index in [9.17, 15) is 4.79 Å². The number of ether oxygens (including phenoxy) is 1. The summed E-state index contributed by atoms with van der Waals surface area (Å²) in [6, 6.07) is -0.526. The number of carboxylic acid groups (broad SMARTS) is 1. The van der Waals surface area contributed by atoms with Crippen molar-refractivity contribution < 1.29 is 14.6 Å². The number of hydrogen-bond acceptors (Lipinski definition) is 3. The highest BCUT2D eigenvalue weighted by atomic mass is 79.9. The van der Waals surface area contributed by atoms with E-state index in [1.807, 2.05) is 20.8 Å². The van der Waals surface area contributed by atoms with Crippen LogP contribution in [0.4, 0.5) is 0 Å². The van der Waals surface area contributed by atoms with Crippen LogP contribution in [0, 0.1) is 20.8 Å². The smallest absolute Gasteiger partial charge is 0.328 e. The van der Waals surface area contributed by atoms with Crippen molar-refractivity contribution in [2.45, 2.75) is 26.8 Å². The number of hydrogen-bond donors (Lipinski definition) is 2. The fraction of sp³-hybridized carbons (Fsp3) is 0.357. The fourth-order valence-corrected chi connectivity index (χ4v) is 2.56. The van der Waals surface area contributed by atoms with Crippen molar-refractivity contribution in [1.82, 2.24) is 0 Å². The first kappa shape index (κ1) is 15.7. The molecule has 0 aliphatic rings. The quantitative estimate of drug-likeness (QED) is 0.834. The first-order valence-corrected chi connectivity index (χ1v) is 6.60. The van der Waals surface area contributed by atoms with E-state index in [0.29, 0.717) is 5.75 Å². The zero-order chi connectivity index (χ0) is 14.7. The van der Waals surface area contributed by atoms with Crippen molar-refractivity contribution in [3.05, 3.63) is 38.9 Å². The minimum atomic E-state index is -1.02. The van der Waals surface area contributed by atoms with Gasteiger partial charge in [0.1, 0.15) is 5.75 Å². The van der Waals surface area contributed by atoms with Crippen molar-refractivity contribution in [2.75, 3.05) is 7.11 Å². The van der Waals surface area contributed by atoms with E-state index in [1.165, 1.54) is 6.08 Å². The molecule has 1 aromatic rings. The first-order valence-electron chi connectivity index (χ1n) is 5.81. The molecule has 0 saturated carbocycles. The second-order valence-corrected chi connectivity index (χ2v) is 5.15. The summed E-state index contributed by atoms with van der Waals surface area (Å²) < 4.78 is 6.41. The Kier molecular flexibility index (Phi) is 5.14. The van der Waals surface area contributed by atoms with Gasteiger partial charge in [0.05, 0.1) is 13.2 Å². The molecule has 104 valence electrons. The zero-order valence-corrected chi connectivity index (χ0v) is 13.0. The van der Waals surface area contributed by atoms with Crippen molar-refractivity contribution >= 4 is 21.9 Å². The molecule has 0 bridgehead atoms. The van der Waals surface area contributed by atoms with Crippen LogP contribution >= 0.6 is 15.9 Å². The fourth-order valence-electron chi connectivity index (χ4n) is 2.05. The van der Waals surface area contributed by atoms with Crippen LogP contribution in [0.2, 0.25) is 0 Å². The molecule has 0 radical (unpaired) electrons. The normalized spacial score (nSPS) is 12.7. The molecule has 1 aromatic carbocycles. The van der Waals surface area contributed by atoms with Gasteiger partial charge in [0.15, 0.2) is 0 Å². The molecule has 1 atom stereocenters. The minimum Gasteiger partial charge on any atom is -0.496 e. The molecule has 0 spiro atoms. The predicted octanol–water partition coefficient (Wildman–Crippen LogP) is 3.02. The van der Waals surface area contributed by atoms with Crippen LogP contribution in [-0.4, -0.2) is 18.2 Å². The standard InChI is InChI=1S/C14H18BrNO3/c1-7-8(2)14(19-4)12(9(3)13(7)15)10(16)5-6-11(17)18/h5-6,10H,16H2,1-4H3,(H,17,18)/b6-5+. The molecule has 1 unspecified atom stereocenters. The van der Waals surface area contributed by atoms with Gasteiger partial charge in [-0.25, -0.2) is 4.79 Å². The number of methoxy groups -OCH3 is 1. The second kappa shape index (κ2) is 6.21. The van der Waals surface area contributed by atoms with E-state index >= 15 is 0 Å². The first-order chi connectivity index (χ1) is 8.81. The highest BCUT2D eigenvalue weighted by molar-refractivity contribution is 9.10. The van der Waals surface area contributed by atoms with Crippen molar-refractivity contribution in [2.24, 2.45) is 5.73 Å². The Hall–Kier alpha value is -1.33. The molecule has 0 heterocycles. The Morgan fingerprint density at radius 3 is 2.37 bits per heavy atom. The van der Waals surface area contributed by atoms with Gasteiger partial charge in [-0.3, -0.25) is 0 Å². The van der Waals surface area contributed by atoms with Crippen molar-refractivity contribution in [3.63, 3.8) is 0 Å². The predicted molar refractivity (Wildman–Crippen MR) is 78.6 cm³/mol. The molecular formula is C14H18BrNO3. The average molecular weight is 328 g/mol. The van der Waals surface area contributed by atoms with E-state index in [2.05, 4.69) is 15.9 Å². The second-order valence-electron chi connectivity index (χ2n) is 4.36. The topological polar surface area (TPSA) is 72.5 Å². The minimum absolute atomic E-state index is 0.526. The van der Waals surface area contributed by atoms with Crippen LogP contribution < -0.4 is 10.5 Å². The molecular weight excluding hydrogens is 310 g/mol. The zero-order valence-electron chi connectivity index (χ0n) is 11.5. The molecule has 0 aliphatic heterocycles. The van der Waals surface area contributed by atoms with Gasteiger partial charge in [0.25, 0.3) is 0 Å². The molecule has 0 fully saturated rings. The van der Waals surface area contributed by atoms with Crippen LogP contribution in [-0.2, 0) is 4.79 Å². The van der Waals surface area contributed by atoms with Gasteiger partial charge < -0.3 is 15.6 Å². The van der Waals surface area contributed by atoms with Crippen LogP contribution in [0.25, 0.3) is 0 Å². The summed E-state index contributed by atoms with van der Waals surface area (Å²) >= 11 is 3.54. The number of carboxylic acids is 1. The summed E-state index contributed by atoms with van der Waals surface area (Å²) in [4.78, 5) is 10.6. The van der Waals surface area contributed by atoms with Crippen LogP contribution in [0.1, 0.15) is 28.3 Å². The van der Waals surface area contributed by atoms with Crippen LogP contribution in [0.15, 0.2) is 16.6 Å². The number of nitrogens with two attached hydrogens (primary N) is 1. The molecule has 0 aliphatic carbocycles. The molecule has 19 heavy (non-hydrogen) atoms. The Bertz CT molecular complexity index is 538. The largest absolute Gasteiger partial charge is 0.496 e. The molecule has 0 aromatic heterocycles. The number of aliphatic carboxylic acids is 1. The highest BCUT2D eigenvalue weighted by Gasteiger charge is 2.20. The summed E-state index contributed by atoms with van der Waals surface area (Å²) in [6.45, 7) is 5.88. The van der Waals surface area contributed by atoms with Gasteiger partial charge in [-0.15, -0.1) is 0 Å². The van der Waals surface area contributed by atoms with Gasteiger partial charge in [0, 0.05) is 16.1 Å². The molecule has 3 N–H and O–H groups in total. The maximum atomic E-state index is 10.6. The van der Waals surface area contributed by atoms with Crippen LogP contribution in [0.3, 0.4) is 0 Å². The van der Waals surface area contributed by atoms with Gasteiger partial charge in [0.2, 0.25) is 0 Å². The number of benzene rings is 1. The lowest BCUT2D eigenvalue weighted by molar-refractivity contribution is -0.131. The van der Waals surface area contributed by atoms with E-state index in [0.717, 1.165) is 32.8 Å². The summed E-state index contributed by atoms with van der Waals surface area (Å²) in [7, 11) is 1.59. The number of halogens is 1. The van der Waals surface area contributed by atoms with E-state index in [4.69, 9.17) is 15.6 Å². The molecule has 5 heteroatoms. The Labute approximate surface area is 121 Å². The molecule has 4 nitrogen and oxygen atoms in total. The highest BCUT2D eigenvalue weighted by Crippen LogP contribution is 2.38. The lowest BCUT2D eigenvalue weighted by Crippen LogP contribution is -2.13. The summed E-state index contributed by atoms with van der Waals surface area (Å²) in [5, 5.41) is 8.68. The lowest BCUT2D eigenvalue weighted by atomic mass is 9.94. The van der Waals surface area contributed by atoms with Gasteiger partial charge in [-0.2, -0.15) is 0 Å². The maximum absolute atomic E-state index is 10.6. The van der Waals surface area contributed by atoms with Gasteiger partial charge >= 0.3 is 5.97 Å². The van der Waals surface area contributed by atoms with Gasteiger partial charge in [-0.05, 0) is 37.5 Å². The van der Waals surface area contributed by atoms with Crippen molar-refractivity contribution in [1.29, 1.82) is 0 Å². The summed E-state index contributed by atoms with van der Waals surface area (Å²) in [5.41, 5.74) is 9.90. The van der Waals surface area contributed by atoms with E-state index < -0.39 is 12.0 Å². The number of carbonyl (C=O) groups is 1. The Balaban J connectivity index is 3.45. The van der Waals surface area contributed by atoms with E-state index in [-0.39, 0.29) is 0 Å². The summed E-state index contributed by atoms with van der Waals surface area (Å²) in [5.74, 6) is -0.310. The monoisotopic (exact) mass is 327 g/mol. The molecule has 0 amide bonds.